The average Bonchev–Trinajstić information content (AvgIpc) is 2.19. The normalized spacial score (nSPS) is 27.5. The molecule has 1 fully saturated rings. The van der Waals surface area contributed by atoms with Gasteiger partial charge in [-0.15, -0.1) is 0 Å². The molecular formula is C12H24N2O. The molecule has 0 radical (unpaired) electrons. The topological polar surface area (TPSA) is 46.3 Å². The zero-order chi connectivity index (χ0) is 11.6. The van der Waals surface area contributed by atoms with Gasteiger partial charge in [-0.3, -0.25) is 4.79 Å². The van der Waals surface area contributed by atoms with Gasteiger partial charge >= 0.3 is 0 Å². The van der Waals surface area contributed by atoms with Crippen LogP contribution in [-0.4, -0.2) is 29.9 Å². The maximum atomic E-state index is 12.0. The zero-order valence-electron chi connectivity index (χ0n) is 10.4. The van der Waals surface area contributed by atoms with E-state index in [0.717, 1.165) is 25.9 Å². The van der Waals surface area contributed by atoms with Crippen molar-refractivity contribution in [1.82, 2.24) is 4.90 Å². The Morgan fingerprint density at radius 3 is 2.67 bits per heavy atom. The second-order valence-electron chi connectivity index (χ2n) is 5.45. The van der Waals surface area contributed by atoms with Crippen LogP contribution < -0.4 is 5.73 Å². The molecule has 0 aromatic rings. The zero-order valence-corrected chi connectivity index (χ0v) is 10.4. The number of carbonyl (C=O) groups excluding carboxylic acids is 1. The summed E-state index contributed by atoms with van der Waals surface area (Å²) >= 11 is 0. The minimum atomic E-state index is 0.0569. The molecule has 15 heavy (non-hydrogen) atoms. The number of piperidine rings is 1. The van der Waals surface area contributed by atoms with Crippen molar-refractivity contribution in [3.63, 3.8) is 0 Å². The molecule has 88 valence electrons. The van der Waals surface area contributed by atoms with Gasteiger partial charge in [-0.05, 0) is 18.3 Å². The summed E-state index contributed by atoms with van der Waals surface area (Å²) in [4.78, 5) is 14.0. The minimum absolute atomic E-state index is 0.0569. The number of carbonyl (C=O) groups is 1. The van der Waals surface area contributed by atoms with E-state index in [1.54, 1.807) is 0 Å². The lowest BCUT2D eigenvalue weighted by molar-refractivity contribution is -0.138. The number of likely N-dealkylation sites (tertiary alicyclic amines) is 1. The molecular weight excluding hydrogens is 188 g/mol. The van der Waals surface area contributed by atoms with Gasteiger partial charge in [0.05, 0.1) is 0 Å². The molecule has 1 amide bonds. The molecule has 2 unspecified atom stereocenters. The molecule has 1 aliphatic rings. The highest BCUT2D eigenvalue weighted by atomic mass is 16.2. The van der Waals surface area contributed by atoms with Crippen molar-refractivity contribution in [1.29, 1.82) is 0 Å². The first-order valence-electron chi connectivity index (χ1n) is 5.93. The summed E-state index contributed by atoms with van der Waals surface area (Å²) in [7, 11) is 0. The highest BCUT2D eigenvalue weighted by Gasteiger charge is 2.35. The number of amides is 1. The Labute approximate surface area is 93.0 Å². The lowest BCUT2D eigenvalue weighted by Crippen LogP contribution is -2.54. The van der Waals surface area contributed by atoms with E-state index >= 15 is 0 Å². The fraction of sp³-hybridized carbons (Fsp3) is 0.917. The fourth-order valence-corrected chi connectivity index (χ4v) is 2.05. The summed E-state index contributed by atoms with van der Waals surface area (Å²) in [5.41, 5.74) is 6.10. The third-order valence-corrected chi connectivity index (χ3v) is 3.66. The van der Waals surface area contributed by atoms with Crippen LogP contribution in [0.1, 0.15) is 40.5 Å². The summed E-state index contributed by atoms with van der Waals surface area (Å²) in [5, 5.41) is 0. The molecule has 1 rings (SSSR count). The van der Waals surface area contributed by atoms with Gasteiger partial charge in [-0.1, -0.05) is 27.7 Å². The Balaban J connectivity index is 2.63. The van der Waals surface area contributed by atoms with Crippen molar-refractivity contribution in [2.45, 2.75) is 46.6 Å². The molecule has 3 heteroatoms. The smallest absolute Gasteiger partial charge is 0.225 e. The van der Waals surface area contributed by atoms with E-state index in [9.17, 15) is 4.79 Å². The lowest BCUT2D eigenvalue weighted by atomic mass is 9.79. The first-order chi connectivity index (χ1) is 6.88. The molecule has 0 aromatic carbocycles. The Hall–Kier alpha value is -0.570. The molecule has 2 N–H and O–H groups in total. The summed E-state index contributed by atoms with van der Waals surface area (Å²) < 4.78 is 0. The van der Waals surface area contributed by atoms with Gasteiger partial charge in [0.25, 0.3) is 0 Å². The largest absolute Gasteiger partial charge is 0.342 e. The fourth-order valence-electron chi connectivity index (χ4n) is 2.05. The second kappa shape index (κ2) is 4.52. The van der Waals surface area contributed by atoms with Gasteiger partial charge in [-0.2, -0.15) is 0 Å². The first-order valence-corrected chi connectivity index (χ1v) is 5.93. The van der Waals surface area contributed by atoms with Gasteiger partial charge in [0.15, 0.2) is 0 Å². The lowest BCUT2D eigenvalue weighted by Gasteiger charge is -2.43. The van der Waals surface area contributed by atoms with E-state index in [2.05, 4.69) is 20.8 Å². The van der Waals surface area contributed by atoms with Crippen molar-refractivity contribution < 1.29 is 4.79 Å². The molecule has 1 aliphatic heterocycles. The van der Waals surface area contributed by atoms with E-state index in [4.69, 9.17) is 5.73 Å². The molecule has 0 aliphatic carbocycles. The summed E-state index contributed by atoms with van der Waals surface area (Å²) in [6.07, 6.45) is 1.84. The SMILES string of the molecule is CCC(C)C(=O)N1CCC(N)C(C)(C)C1. The second-order valence-corrected chi connectivity index (χ2v) is 5.45. The maximum absolute atomic E-state index is 12.0. The Morgan fingerprint density at radius 1 is 1.60 bits per heavy atom. The van der Waals surface area contributed by atoms with Gasteiger partial charge in [0.1, 0.15) is 0 Å². The first kappa shape index (κ1) is 12.5. The number of rotatable bonds is 2. The van der Waals surface area contributed by atoms with E-state index in [1.807, 2.05) is 11.8 Å². The summed E-state index contributed by atoms with van der Waals surface area (Å²) in [6.45, 7) is 9.99. The Bertz CT molecular complexity index is 238. The van der Waals surface area contributed by atoms with Crippen LogP contribution in [0.2, 0.25) is 0 Å². The predicted molar refractivity (Wildman–Crippen MR) is 62.4 cm³/mol. The van der Waals surface area contributed by atoms with Crippen LogP contribution in [0.3, 0.4) is 0 Å². The Kier molecular flexibility index (Phi) is 3.77. The van der Waals surface area contributed by atoms with Crippen LogP contribution in [0.25, 0.3) is 0 Å². The summed E-state index contributed by atoms with van der Waals surface area (Å²) in [6, 6.07) is 0.221. The number of nitrogens with two attached hydrogens (primary N) is 1. The van der Waals surface area contributed by atoms with Crippen LogP contribution in [0.4, 0.5) is 0 Å². The van der Waals surface area contributed by atoms with Crippen LogP contribution in [-0.2, 0) is 4.79 Å². The predicted octanol–water partition coefficient (Wildman–Crippen LogP) is 1.62. The third-order valence-electron chi connectivity index (χ3n) is 3.66. The minimum Gasteiger partial charge on any atom is -0.342 e. The van der Waals surface area contributed by atoms with Gasteiger partial charge in [0.2, 0.25) is 5.91 Å². The van der Waals surface area contributed by atoms with Gasteiger partial charge in [0, 0.05) is 25.0 Å². The third kappa shape index (κ3) is 2.71. The molecule has 1 heterocycles. The van der Waals surface area contributed by atoms with Crippen molar-refractivity contribution in [2.75, 3.05) is 13.1 Å². The number of hydrogen-bond acceptors (Lipinski definition) is 2. The quantitative estimate of drug-likeness (QED) is 0.756. The number of hydrogen-bond donors (Lipinski definition) is 1. The average molecular weight is 212 g/mol. The van der Waals surface area contributed by atoms with E-state index in [0.29, 0.717) is 0 Å². The van der Waals surface area contributed by atoms with Gasteiger partial charge < -0.3 is 10.6 Å². The molecule has 3 nitrogen and oxygen atoms in total. The van der Waals surface area contributed by atoms with E-state index in [-0.39, 0.29) is 23.3 Å². The van der Waals surface area contributed by atoms with Crippen molar-refractivity contribution in [3.8, 4) is 0 Å². The molecule has 0 aromatic heterocycles. The van der Waals surface area contributed by atoms with E-state index in [1.165, 1.54) is 0 Å². The summed E-state index contributed by atoms with van der Waals surface area (Å²) in [5.74, 6) is 0.438. The monoisotopic (exact) mass is 212 g/mol. The molecule has 2 atom stereocenters. The molecule has 0 bridgehead atoms. The highest BCUT2D eigenvalue weighted by Crippen LogP contribution is 2.28. The van der Waals surface area contributed by atoms with Crippen LogP contribution >= 0.6 is 0 Å². The van der Waals surface area contributed by atoms with Crippen molar-refractivity contribution >= 4 is 5.91 Å². The van der Waals surface area contributed by atoms with Crippen LogP contribution in [0, 0.1) is 11.3 Å². The number of nitrogens with zero attached hydrogens (tertiary/aromatic N) is 1. The standard InChI is InChI=1S/C12H24N2O/c1-5-9(2)11(15)14-7-6-10(13)12(3,4)8-14/h9-10H,5-8,13H2,1-4H3. The molecule has 1 saturated heterocycles. The van der Waals surface area contributed by atoms with Crippen molar-refractivity contribution in [3.05, 3.63) is 0 Å². The van der Waals surface area contributed by atoms with Crippen molar-refractivity contribution in [2.24, 2.45) is 17.1 Å². The van der Waals surface area contributed by atoms with Crippen LogP contribution in [0.15, 0.2) is 0 Å². The van der Waals surface area contributed by atoms with Gasteiger partial charge in [-0.25, -0.2) is 0 Å². The highest BCUT2D eigenvalue weighted by molar-refractivity contribution is 5.78. The van der Waals surface area contributed by atoms with E-state index < -0.39 is 0 Å². The molecule has 0 saturated carbocycles. The Morgan fingerprint density at radius 2 is 2.20 bits per heavy atom. The molecule has 0 spiro atoms. The van der Waals surface area contributed by atoms with Crippen LogP contribution in [0.5, 0.6) is 0 Å². The maximum Gasteiger partial charge on any atom is 0.225 e.